The average molecular weight is 251 g/mol. The third-order valence-corrected chi connectivity index (χ3v) is 2.62. The van der Waals surface area contributed by atoms with E-state index in [0.717, 1.165) is 4.47 Å². The molecule has 2 aromatic rings. The Labute approximate surface area is 88.1 Å². The molecule has 0 unspecified atom stereocenters. The highest BCUT2D eigenvalue weighted by atomic mass is 79.9. The van der Waals surface area contributed by atoms with Crippen molar-refractivity contribution in [1.29, 1.82) is 5.26 Å². The van der Waals surface area contributed by atoms with Crippen molar-refractivity contribution in [2.24, 2.45) is 0 Å². The molecule has 0 N–H and O–H groups in total. The molecule has 1 heterocycles. The van der Waals surface area contributed by atoms with Gasteiger partial charge in [0.25, 0.3) is 0 Å². The second-order valence-electron chi connectivity index (χ2n) is 2.72. The maximum atomic E-state index is 13.4. The van der Waals surface area contributed by atoms with E-state index in [1.54, 1.807) is 12.1 Å². The summed E-state index contributed by atoms with van der Waals surface area (Å²) in [6, 6.07) is 6.46. The highest BCUT2D eigenvalue weighted by Gasteiger charge is 2.09. The topological polar surface area (TPSA) is 36.7 Å². The summed E-state index contributed by atoms with van der Waals surface area (Å²) in [7, 11) is 0. The third-order valence-electron chi connectivity index (χ3n) is 1.93. The molecular formula is C10H4BrFN2. The van der Waals surface area contributed by atoms with E-state index in [1.165, 1.54) is 12.3 Å². The fraction of sp³-hybridized carbons (Fsp3) is 0. The van der Waals surface area contributed by atoms with E-state index in [-0.39, 0.29) is 11.1 Å². The van der Waals surface area contributed by atoms with Crippen LogP contribution in [0.15, 0.2) is 28.9 Å². The van der Waals surface area contributed by atoms with Crippen LogP contribution in [0.3, 0.4) is 0 Å². The van der Waals surface area contributed by atoms with Gasteiger partial charge in [0.2, 0.25) is 0 Å². The van der Waals surface area contributed by atoms with Gasteiger partial charge in [0, 0.05) is 16.1 Å². The van der Waals surface area contributed by atoms with Crippen molar-refractivity contribution in [2.75, 3.05) is 0 Å². The number of rotatable bonds is 0. The summed E-state index contributed by atoms with van der Waals surface area (Å²) in [5.41, 5.74) is 0.112. The smallest absolute Gasteiger partial charge is 0.151 e. The highest BCUT2D eigenvalue weighted by molar-refractivity contribution is 9.10. The Kier molecular flexibility index (Phi) is 2.18. The number of nitrogens with zero attached hydrogens (tertiary/aromatic N) is 2. The lowest BCUT2D eigenvalue weighted by molar-refractivity contribution is 0.639. The van der Waals surface area contributed by atoms with Crippen molar-refractivity contribution in [3.05, 3.63) is 40.4 Å². The van der Waals surface area contributed by atoms with Crippen LogP contribution in [-0.4, -0.2) is 4.98 Å². The molecule has 0 saturated heterocycles. The molecule has 0 aliphatic carbocycles. The minimum Gasteiger partial charge on any atom is -0.245 e. The molecule has 2 rings (SSSR count). The Morgan fingerprint density at radius 2 is 2.14 bits per heavy atom. The van der Waals surface area contributed by atoms with Crippen molar-refractivity contribution >= 4 is 26.7 Å². The minimum atomic E-state index is -0.423. The first-order chi connectivity index (χ1) is 6.74. The quantitative estimate of drug-likeness (QED) is 0.721. The van der Waals surface area contributed by atoms with Crippen LogP contribution < -0.4 is 0 Å². The van der Waals surface area contributed by atoms with E-state index in [4.69, 9.17) is 5.26 Å². The largest absolute Gasteiger partial charge is 0.245 e. The lowest BCUT2D eigenvalue weighted by atomic mass is 10.1. The van der Waals surface area contributed by atoms with Crippen LogP contribution in [0.5, 0.6) is 0 Å². The number of halogens is 2. The number of benzene rings is 1. The first kappa shape index (κ1) is 9.10. The molecular weight excluding hydrogens is 247 g/mol. The Hall–Kier alpha value is -1.47. The molecule has 0 radical (unpaired) electrons. The lowest BCUT2D eigenvalue weighted by Gasteiger charge is -2.02. The van der Waals surface area contributed by atoms with Gasteiger partial charge in [-0.25, -0.2) is 9.37 Å². The van der Waals surface area contributed by atoms with Crippen molar-refractivity contribution < 1.29 is 4.39 Å². The number of pyridine rings is 1. The fourth-order valence-electron chi connectivity index (χ4n) is 1.31. The zero-order chi connectivity index (χ0) is 10.1. The molecule has 0 aliphatic heterocycles. The van der Waals surface area contributed by atoms with Crippen molar-refractivity contribution in [1.82, 2.24) is 4.98 Å². The Morgan fingerprint density at radius 1 is 1.36 bits per heavy atom. The summed E-state index contributed by atoms with van der Waals surface area (Å²) in [4.78, 5) is 3.81. The Balaban J connectivity index is 3.01. The zero-order valence-electron chi connectivity index (χ0n) is 6.96. The third kappa shape index (κ3) is 1.26. The molecule has 0 spiro atoms. The molecule has 4 heteroatoms. The normalized spacial score (nSPS) is 10.1. The summed E-state index contributed by atoms with van der Waals surface area (Å²) >= 11 is 3.29. The summed E-state index contributed by atoms with van der Waals surface area (Å²) in [5, 5.41) is 9.69. The number of fused-ring (bicyclic) bond motifs is 1. The summed E-state index contributed by atoms with van der Waals surface area (Å²) < 4.78 is 14.2. The van der Waals surface area contributed by atoms with E-state index < -0.39 is 5.82 Å². The SMILES string of the molecule is N#Cc1nccc2c(Br)ccc(F)c12. The number of nitriles is 1. The van der Waals surface area contributed by atoms with Gasteiger partial charge in [-0.15, -0.1) is 0 Å². The summed E-state index contributed by atoms with van der Waals surface area (Å²) in [6.45, 7) is 0. The molecule has 0 amide bonds. The second-order valence-corrected chi connectivity index (χ2v) is 3.58. The number of hydrogen-bond acceptors (Lipinski definition) is 2. The fourth-order valence-corrected chi connectivity index (χ4v) is 1.77. The molecule has 0 bridgehead atoms. The van der Waals surface area contributed by atoms with Crippen molar-refractivity contribution in [3.8, 4) is 6.07 Å². The van der Waals surface area contributed by atoms with E-state index in [1.807, 2.05) is 6.07 Å². The first-order valence-electron chi connectivity index (χ1n) is 3.87. The lowest BCUT2D eigenvalue weighted by Crippen LogP contribution is -1.89. The summed E-state index contributed by atoms with van der Waals surface area (Å²) in [6.07, 6.45) is 1.49. The zero-order valence-corrected chi connectivity index (χ0v) is 8.55. The van der Waals surface area contributed by atoms with E-state index in [0.29, 0.717) is 5.39 Å². The van der Waals surface area contributed by atoms with Gasteiger partial charge in [-0.2, -0.15) is 5.26 Å². The number of hydrogen-bond donors (Lipinski definition) is 0. The van der Waals surface area contributed by atoms with Gasteiger partial charge in [0.15, 0.2) is 5.69 Å². The van der Waals surface area contributed by atoms with Crippen LogP contribution in [0.1, 0.15) is 5.69 Å². The molecule has 1 aromatic carbocycles. The Bertz CT molecular complexity index is 546. The molecule has 0 atom stereocenters. The maximum absolute atomic E-state index is 13.4. The van der Waals surface area contributed by atoms with Crippen LogP contribution in [0, 0.1) is 17.1 Å². The van der Waals surface area contributed by atoms with E-state index in [9.17, 15) is 4.39 Å². The molecule has 68 valence electrons. The predicted molar refractivity (Wildman–Crippen MR) is 54.1 cm³/mol. The maximum Gasteiger partial charge on any atom is 0.151 e. The Morgan fingerprint density at radius 3 is 2.86 bits per heavy atom. The summed E-state index contributed by atoms with van der Waals surface area (Å²) in [5.74, 6) is -0.423. The molecule has 2 nitrogen and oxygen atoms in total. The van der Waals surface area contributed by atoms with Crippen LogP contribution >= 0.6 is 15.9 Å². The molecule has 1 aromatic heterocycles. The predicted octanol–water partition coefficient (Wildman–Crippen LogP) is 3.01. The van der Waals surface area contributed by atoms with Gasteiger partial charge in [-0.05, 0) is 18.2 Å². The second kappa shape index (κ2) is 3.35. The van der Waals surface area contributed by atoms with Gasteiger partial charge in [0.05, 0.1) is 5.39 Å². The van der Waals surface area contributed by atoms with Crippen LogP contribution in [0.2, 0.25) is 0 Å². The van der Waals surface area contributed by atoms with Gasteiger partial charge in [0.1, 0.15) is 11.9 Å². The minimum absolute atomic E-state index is 0.112. The first-order valence-corrected chi connectivity index (χ1v) is 4.66. The van der Waals surface area contributed by atoms with Gasteiger partial charge in [-0.1, -0.05) is 15.9 Å². The van der Waals surface area contributed by atoms with Crippen LogP contribution in [-0.2, 0) is 0 Å². The number of aromatic nitrogens is 1. The van der Waals surface area contributed by atoms with Gasteiger partial charge < -0.3 is 0 Å². The van der Waals surface area contributed by atoms with Crippen molar-refractivity contribution in [3.63, 3.8) is 0 Å². The van der Waals surface area contributed by atoms with Gasteiger partial charge in [-0.3, -0.25) is 0 Å². The molecule has 0 saturated carbocycles. The molecule has 14 heavy (non-hydrogen) atoms. The molecule has 0 aliphatic rings. The van der Waals surface area contributed by atoms with Crippen LogP contribution in [0.25, 0.3) is 10.8 Å². The average Bonchev–Trinajstić information content (AvgIpc) is 2.23. The standard InChI is InChI=1S/C10H4BrFN2/c11-7-1-2-8(12)10-6(7)3-4-14-9(10)5-13/h1-4H. The monoisotopic (exact) mass is 250 g/mol. The van der Waals surface area contributed by atoms with Crippen molar-refractivity contribution in [2.45, 2.75) is 0 Å². The highest BCUT2D eigenvalue weighted by Crippen LogP contribution is 2.27. The molecule has 0 fully saturated rings. The van der Waals surface area contributed by atoms with Gasteiger partial charge >= 0.3 is 0 Å². The van der Waals surface area contributed by atoms with E-state index in [2.05, 4.69) is 20.9 Å². The van der Waals surface area contributed by atoms with E-state index >= 15 is 0 Å². The van der Waals surface area contributed by atoms with Crippen LogP contribution in [0.4, 0.5) is 4.39 Å².